The molecule has 4 aliphatic rings. The summed E-state index contributed by atoms with van der Waals surface area (Å²) >= 11 is 0. The third-order valence-corrected chi connectivity index (χ3v) is 6.22. The highest BCUT2D eigenvalue weighted by Crippen LogP contribution is 2.64. The van der Waals surface area contributed by atoms with E-state index in [0.717, 1.165) is 6.61 Å². The molecule has 4 fully saturated rings. The van der Waals surface area contributed by atoms with Crippen LogP contribution in [0.3, 0.4) is 0 Å². The summed E-state index contributed by atoms with van der Waals surface area (Å²) in [4.78, 5) is 4.90. The van der Waals surface area contributed by atoms with Crippen molar-refractivity contribution in [2.24, 2.45) is 22.1 Å². The van der Waals surface area contributed by atoms with Crippen molar-refractivity contribution >= 4 is 29.9 Å². The first kappa shape index (κ1) is 15.8. The molecule has 3 N–H and O–H groups in total. The van der Waals surface area contributed by atoms with Gasteiger partial charge in [-0.3, -0.25) is 0 Å². The number of hydrogen-bond acceptors (Lipinski definition) is 2. The maximum Gasteiger partial charge on any atom is 0.189 e. The van der Waals surface area contributed by atoms with Crippen LogP contribution in [0.1, 0.15) is 57.8 Å². The molecule has 4 nitrogen and oxygen atoms in total. The standard InChI is InChI=1S/C16H27N3O.HI/c17-15(18-11-5-2-1-3-6-11)19-13-12-7-10-20-14(12)16(13)8-4-9-16;/h11-14H,1-10H2,(H3,17,18,19);1H. The lowest BCUT2D eigenvalue weighted by Crippen LogP contribution is -2.66. The molecule has 0 bridgehead atoms. The SMILES string of the molecule is I.NC(=NC1C2CCOC2C12CCC2)NC1CCCCC1. The molecular weight excluding hydrogens is 377 g/mol. The lowest BCUT2D eigenvalue weighted by Gasteiger charge is -2.61. The van der Waals surface area contributed by atoms with Gasteiger partial charge in [-0.25, -0.2) is 4.99 Å². The third-order valence-electron chi connectivity index (χ3n) is 6.22. The summed E-state index contributed by atoms with van der Waals surface area (Å²) in [5.41, 5.74) is 6.56. The predicted octanol–water partition coefficient (Wildman–Crippen LogP) is 2.80. The Kier molecular flexibility index (Phi) is 4.69. The van der Waals surface area contributed by atoms with Crippen LogP contribution in [-0.4, -0.2) is 30.8 Å². The van der Waals surface area contributed by atoms with Gasteiger partial charge < -0.3 is 15.8 Å². The lowest BCUT2D eigenvalue weighted by molar-refractivity contribution is -0.164. The summed E-state index contributed by atoms with van der Waals surface area (Å²) in [5, 5.41) is 3.47. The number of halogens is 1. The van der Waals surface area contributed by atoms with Gasteiger partial charge in [-0.15, -0.1) is 24.0 Å². The number of hydrogen-bond donors (Lipinski definition) is 2. The van der Waals surface area contributed by atoms with E-state index in [-0.39, 0.29) is 24.0 Å². The van der Waals surface area contributed by atoms with Crippen LogP contribution in [0.4, 0.5) is 0 Å². The molecule has 3 atom stereocenters. The first-order valence-electron chi connectivity index (χ1n) is 8.51. The predicted molar refractivity (Wildman–Crippen MR) is 95.0 cm³/mol. The molecule has 0 aromatic carbocycles. The molecular formula is C16H28IN3O. The number of nitrogens with zero attached hydrogens (tertiary/aromatic N) is 1. The van der Waals surface area contributed by atoms with Crippen molar-refractivity contribution in [3.8, 4) is 0 Å². The second kappa shape index (κ2) is 6.22. The van der Waals surface area contributed by atoms with E-state index in [4.69, 9.17) is 15.5 Å². The zero-order valence-corrected chi connectivity index (χ0v) is 15.1. The van der Waals surface area contributed by atoms with E-state index in [1.54, 1.807) is 0 Å². The van der Waals surface area contributed by atoms with Crippen molar-refractivity contribution in [2.45, 2.75) is 76.0 Å². The first-order valence-corrected chi connectivity index (χ1v) is 8.51. The van der Waals surface area contributed by atoms with Crippen molar-refractivity contribution in [3.05, 3.63) is 0 Å². The van der Waals surface area contributed by atoms with Crippen LogP contribution >= 0.6 is 24.0 Å². The van der Waals surface area contributed by atoms with E-state index in [9.17, 15) is 0 Å². The van der Waals surface area contributed by atoms with E-state index in [1.807, 2.05) is 0 Å². The number of nitrogens with two attached hydrogens (primary N) is 1. The average molecular weight is 405 g/mol. The maximum atomic E-state index is 6.20. The smallest absolute Gasteiger partial charge is 0.189 e. The average Bonchev–Trinajstić information content (AvgIpc) is 2.81. The van der Waals surface area contributed by atoms with Crippen LogP contribution < -0.4 is 11.1 Å². The van der Waals surface area contributed by atoms with Gasteiger partial charge in [0.05, 0.1) is 12.1 Å². The molecule has 1 aliphatic heterocycles. The number of aliphatic imine (C=N–C) groups is 1. The Morgan fingerprint density at radius 2 is 1.86 bits per heavy atom. The van der Waals surface area contributed by atoms with Crippen LogP contribution in [0.15, 0.2) is 4.99 Å². The van der Waals surface area contributed by atoms with Crippen LogP contribution in [0.2, 0.25) is 0 Å². The zero-order valence-electron chi connectivity index (χ0n) is 12.7. The second-order valence-corrected chi connectivity index (χ2v) is 7.27. The Balaban J connectivity index is 0.00000132. The molecule has 3 saturated carbocycles. The monoisotopic (exact) mass is 405 g/mol. The minimum absolute atomic E-state index is 0. The Morgan fingerprint density at radius 3 is 2.52 bits per heavy atom. The van der Waals surface area contributed by atoms with E-state index in [1.165, 1.54) is 57.8 Å². The summed E-state index contributed by atoms with van der Waals surface area (Å²) in [5.74, 6) is 1.33. The quantitative estimate of drug-likeness (QED) is 0.422. The molecule has 0 amide bonds. The minimum atomic E-state index is 0. The summed E-state index contributed by atoms with van der Waals surface area (Å²) in [6.07, 6.45) is 12.1. The molecule has 4 rings (SSSR count). The fraction of sp³-hybridized carbons (Fsp3) is 0.938. The van der Waals surface area contributed by atoms with Crippen molar-refractivity contribution in [3.63, 3.8) is 0 Å². The molecule has 1 spiro atoms. The van der Waals surface area contributed by atoms with Crippen LogP contribution in [0, 0.1) is 11.3 Å². The highest BCUT2D eigenvalue weighted by atomic mass is 127. The number of guanidine groups is 1. The Morgan fingerprint density at radius 1 is 1.10 bits per heavy atom. The summed E-state index contributed by atoms with van der Waals surface area (Å²) < 4.78 is 5.94. The van der Waals surface area contributed by atoms with Gasteiger partial charge in [-0.05, 0) is 32.1 Å². The van der Waals surface area contributed by atoms with E-state index >= 15 is 0 Å². The molecule has 21 heavy (non-hydrogen) atoms. The van der Waals surface area contributed by atoms with Crippen LogP contribution in [-0.2, 0) is 4.74 Å². The summed E-state index contributed by atoms with van der Waals surface area (Å²) in [6.45, 7) is 0.930. The lowest BCUT2D eigenvalue weighted by atomic mass is 9.46. The Hall–Kier alpha value is -0.0400. The van der Waals surface area contributed by atoms with Gasteiger partial charge >= 0.3 is 0 Å². The molecule has 0 aromatic heterocycles. The first-order chi connectivity index (χ1) is 9.79. The fourth-order valence-corrected chi connectivity index (χ4v) is 5.03. The minimum Gasteiger partial charge on any atom is -0.377 e. The number of fused-ring (bicyclic) bond motifs is 2. The number of nitrogens with one attached hydrogen (secondary N) is 1. The van der Waals surface area contributed by atoms with Gasteiger partial charge in [0.1, 0.15) is 0 Å². The van der Waals surface area contributed by atoms with Gasteiger partial charge in [0.15, 0.2) is 5.96 Å². The van der Waals surface area contributed by atoms with Crippen LogP contribution in [0.25, 0.3) is 0 Å². The van der Waals surface area contributed by atoms with Crippen LogP contribution in [0.5, 0.6) is 0 Å². The molecule has 3 unspecified atom stereocenters. The van der Waals surface area contributed by atoms with Crippen molar-refractivity contribution in [1.82, 2.24) is 5.32 Å². The van der Waals surface area contributed by atoms with E-state index in [0.29, 0.717) is 35.5 Å². The Bertz CT molecular complexity index is 404. The molecule has 5 heteroatoms. The van der Waals surface area contributed by atoms with Gasteiger partial charge in [0.2, 0.25) is 0 Å². The van der Waals surface area contributed by atoms with Gasteiger partial charge in [0.25, 0.3) is 0 Å². The van der Waals surface area contributed by atoms with E-state index in [2.05, 4.69) is 5.32 Å². The zero-order chi connectivity index (χ0) is 13.6. The summed E-state index contributed by atoms with van der Waals surface area (Å²) in [7, 11) is 0. The maximum absolute atomic E-state index is 6.20. The topological polar surface area (TPSA) is 59.6 Å². The molecule has 1 saturated heterocycles. The Labute approximate surface area is 144 Å². The normalized spacial score (nSPS) is 38.1. The van der Waals surface area contributed by atoms with Gasteiger partial charge in [-0.1, -0.05) is 25.7 Å². The van der Waals surface area contributed by atoms with Crippen molar-refractivity contribution in [2.75, 3.05) is 6.61 Å². The number of rotatable bonds is 2. The molecule has 1 heterocycles. The van der Waals surface area contributed by atoms with E-state index < -0.39 is 0 Å². The molecule has 0 radical (unpaired) electrons. The summed E-state index contributed by atoms with van der Waals surface area (Å²) in [6, 6.07) is 0.986. The highest BCUT2D eigenvalue weighted by Gasteiger charge is 2.66. The van der Waals surface area contributed by atoms with Crippen molar-refractivity contribution < 1.29 is 4.74 Å². The van der Waals surface area contributed by atoms with Gasteiger partial charge in [0, 0.05) is 24.0 Å². The number of ether oxygens (including phenoxy) is 1. The largest absolute Gasteiger partial charge is 0.377 e. The molecule has 3 aliphatic carbocycles. The second-order valence-electron chi connectivity index (χ2n) is 7.27. The fourth-order valence-electron chi connectivity index (χ4n) is 5.03. The van der Waals surface area contributed by atoms with Gasteiger partial charge in [-0.2, -0.15) is 0 Å². The molecule has 120 valence electrons. The highest BCUT2D eigenvalue weighted by molar-refractivity contribution is 14.0. The molecule has 0 aromatic rings. The third kappa shape index (κ3) is 2.58. The van der Waals surface area contributed by atoms with Crippen molar-refractivity contribution in [1.29, 1.82) is 0 Å².